The van der Waals surface area contributed by atoms with Gasteiger partial charge in [-0.2, -0.15) is 0 Å². The van der Waals surface area contributed by atoms with E-state index in [9.17, 15) is 0 Å². The number of anilines is 1. The lowest BCUT2D eigenvalue weighted by Gasteiger charge is -2.26. The zero-order valence-corrected chi connectivity index (χ0v) is 12.8. The minimum Gasteiger partial charge on any atom is -0.352 e. The Labute approximate surface area is 133 Å². The number of nitrogens with zero attached hydrogens (tertiary/aromatic N) is 2. The van der Waals surface area contributed by atoms with E-state index in [0.29, 0.717) is 16.7 Å². The van der Waals surface area contributed by atoms with Crippen molar-refractivity contribution in [1.82, 2.24) is 9.88 Å². The van der Waals surface area contributed by atoms with Crippen molar-refractivity contribution >= 4 is 34.6 Å². The molecule has 1 aromatic carbocycles. The molecule has 2 heterocycles. The number of aromatic nitrogens is 1. The van der Waals surface area contributed by atoms with E-state index in [1.165, 1.54) is 0 Å². The van der Waals surface area contributed by atoms with Crippen molar-refractivity contribution in [3.8, 4) is 0 Å². The second-order valence-corrected chi connectivity index (χ2v) is 5.47. The summed E-state index contributed by atoms with van der Waals surface area (Å²) in [6.45, 7) is 1.38. The fraction of sp³-hybridized carbons (Fsp3) is 0.200. The smallest absolute Gasteiger partial charge is 0.175 e. The van der Waals surface area contributed by atoms with Crippen LogP contribution in [0.5, 0.6) is 0 Å². The Morgan fingerprint density at radius 2 is 2.29 bits per heavy atom. The molecule has 1 unspecified atom stereocenters. The van der Waals surface area contributed by atoms with Crippen molar-refractivity contribution in [3.63, 3.8) is 0 Å². The number of halogens is 1. The minimum absolute atomic E-state index is 0.196. The van der Waals surface area contributed by atoms with Crippen LogP contribution in [0, 0.1) is 0 Å². The molecule has 4 nitrogen and oxygen atoms in total. The van der Waals surface area contributed by atoms with Gasteiger partial charge in [0.2, 0.25) is 0 Å². The third-order valence-corrected chi connectivity index (χ3v) is 3.77. The molecule has 0 spiro atoms. The van der Waals surface area contributed by atoms with Gasteiger partial charge in [-0.15, -0.1) is 0 Å². The summed E-state index contributed by atoms with van der Waals surface area (Å²) in [5.74, 6) is 0. The molecule has 2 aromatic rings. The van der Waals surface area contributed by atoms with E-state index >= 15 is 0 Å². The number of rotatable bonds is 2. The molecule has 0 saturated carbocycles. The van der Waals surface area contributed by atoms with Crippen molar-refractivity contribution in [3.05, 3.63) is 59.4 Å². The summed E-state index contributed by atoms with van der Waals surface area (Å²) in [5.41, 5.74) is 1.86. The van der Waals surface area contributed by atoms with Gasteiger partial charge >= 0.3 is 0 Å². The Balaban J connectivity index is 1.74. The van der Waals surface area contributed by atoms with Crippen LogP contribution < -0.4 is 5.32 Å². The quantitative estimate of drug-likeness (QED) is 0.858. The minimum atomic E-state index is -0.196. The molecule has 21 heavy (non-hydrogen) atoms. The lowest BCUT2D eigenvalue weighted by molar-refractivity contribution is 0.0639. The number of hydrogen-bond acceptors (Lipinski definition) is 3. The number of ether oxygens (including phenoxy) is 1. The second-order valence-electron chi connectivity index (χ2n) is 4.64. The maximum Gasteiger partial charge on any atom is 0.175 e. The monoisotopic (exact) mass is 319 g/mol. The zero-order valence-electron chi connectivity index (χ0n) is 11.2. The second kappa shape index (κ2) is 6.39. The Morgan fingerprint density at radius 3 is 3.05 bits per heavy atom. The Hall–Kier alpha value is -1.69. The molecule has 0 radical (unpaired) electrons. The van der Waals surface area contributed by atoms with Gasteiger partial charge in [-0.3, -0.25) is 4.98 Å². The lowest BCUT2D eigenvalue weighted by atomic mass is 10.2. The van der Waals surface area contributed by atoms with Crippen LogP contribution in [0.2, 0.25) is 5.02 Å². The highest BCUT2D eigenvalue weighted by Gasteiger charge is 2.29. The van der Waals surface area contributed by atoms with Crippen molar-refractivity contribution in [1.29, 1.82) is 0 Å². The van der Waals surface area contributed by atoms with E-state index in [2.05, 4.69) is 10.3 Å². The van der Waals surface area contributed by atoms with E-state index < -0.39 is 0 Å². The summed E-state index contributed by atoms with van der Waals surface area (Å²) in [5, 5.41) is 4.48. The Kier molecular flexibility index (Phi) is 4.34. The molecule has 0 amide bonds. The van der Waals surface area contributed by atoms with Gasteiger partial charge in [0.05, 0.1) is 6.61 Å². The van der Waals surface area contributed by atoms with E-state index in [0.717, 1.165) is 17.8 Å². The molecule has 1 aromatic heterocycles. The van der Waals surface area contributed by atoms with Crippen LogP contribution in [0.25, 0.3) is 0 Å². The van der Waals surface area contributed by atoms with Gasteiger partial charge in [0.1, 0.15) is 0 Å². The predicted octanol–water partition coefficient (Wildman–Crippen LogP) is 3.46. The van der Waals surface area contributed by atoms with Gasteiger partial charge in [-0.05, 0) is 36.5 Å². The highest BCUT2D eigenvalue weighted by molar-refractivity contribution is 7.80. The molecule has 1 N–H and O–H groups in total. The standard InChI is InChI=1S/C15H14ClN3OS/c16-12-4-1-5-13(9-12)18-15(21)19-7-8-20-14(19)11-3-2-6-17-10-11/h1-6,9-10,14H,7-8H2,(H,18,21). The first-order chi connectivity index (χ1) is 10.2. The summed E-state index contributed by atoms with van der Waals surface area (Å²) in [6.07, 6.45) is 3.34. The van der Waals surface area contributed by atoms with Gasteiger partial charge < -0.3 is 15.0 Å². The lowest BCUT2D eigenvalue weighted by Crippen LogP contribution is -2.34. The molecule has 1 aliphatic rings. The highest BCUT2D eigenvalue weighted by atomic mass is 35.5. The molecule has 108 valence electrons. The van der Waals surface area contributed by atoms with E-state index in [1.54, 1.807) is 12.4 Å². The predicted molar refractivity (Wildman–Crippen MR) is 87.3 cm³/mol. The van der Waals surface area contributed by atoms with E-state index in [-0.39, 0.29) is 6.23 Å². The Morgan fingerprint density at radius 1 is 1.38 bits per heavy atom. The first-order valence-electron chi connectivity index (χ1n) is 6.59. The zero-order chi connectivity index (χ0) is 14.7. The molecule has 0 aliphatic carbocycles. The number of thiocarbonyl (C=S) groups is 1. The number of hydrogen-bond donors (Lipinski definition) is 1. The van der Waals surface area contributed by atoms with Gasteiger partial charge in [-0.25, -0.2) is 0 Å². The van der Waals surface area contributed by atoms with Crippen LogP contribution in [0.4, 0.5) is 5.69 Å². The van der Waals surface area contributed by atoms with Crippen molar-refractivity contribution < 1.29 is 4.74 Å². The first-order valence-corrected chi connectivity index (χ1v) is 7.37. The van der Waals surface area contributed by atoms with E-state index in [1.807, 2.05) is 41.3 Å². The SMILES string of the molecule is S=C(Nc1cccc(Cl)c1)N1CCOC1c1cccnc1. The van der Waals surface area contributed by atoms with E-state index in [4.69, 9.17) is 28.6 Å². The van der Waals surface area contributed by atoms with Gasteiger partial charge in [0.15, 0.2) is 11.3 Å². The fourth-order valence-electron chi connectivity index (χ4n) is 2.24. The fourth-order valence-corrected chi connectivity index (χ4v) is 2.73. The largest absolute Gasteiger partial charge is 0.352 e. The topological polar surface area (TPSA) is 37.4 Å². The molecule has 3 rings (SSSR count). The molecule has 6 heteroatoms. The highest BCUT2D eigenvalue weighted by Crippen LogP contribution is 2.27. The van der Waals surface area contributed by atoms with Crippen molar-refractivity contribution in [2.45, 2.75) is 6.23 Å². The molecule has 1 fully saturated rings. The van der Waals surface area contributed by atoms with Crippen LogP contribution in [0.15, 0.2) is 48.8 Å². The molecule has 1 saturated heterocycles. The summed E-state index contributed by atoms with van der Waals surface area (Å²) < 4.78 is 5.77. The first kappa shape index (κ1) is 14.3. The number of pyridine rings is 1. The Bertz CT molecular complexity index is 638. The summed E-state index contributed by atoms with van der Waals surface area (Å²) in [4.78, 5) is 6.14. The van der Waals surface area contributed by atoms with Crippen molar-refractivity contribution in [2.75, 3.05) is 18.5 Å². The normalized spacial score (nSPS) is 17.8. The number of benzene rings is 1. The van der Waals surface area contributed by atoms with Crippen LogP contribution in [0.3, 0.4) is 0 Å². The number of nitrogens with one attached hydrogen (secondary N) is 1. The van der Waals surface area contributed by atoms with Gasteiger partial charge in [0, 0.05) is 35.2 Å². The maximum absolute atomic E-state index is 5.98. The van der Waals surface area contributed by atoms with Crippen LogP contribution >= 0.6 is 23.8 Å². The molecule has 1 aliphatic heterocycles. The summed E-state index contributed by atoms with van der Waals surface area (Å²) >= 11 is 11.5. The summed E-state index contributed by atoms with van der Waals surface area (Å²) in [7, 11) is 0. The molecule has 1 atom stereocenters. The summed E-state index contributed by atoms with van der Waals surface area (Å²) in [6, 6.07) is 11.3. The third kappa shape index (κ3) is 3.32. The van der Waals surface area contributed by atoms with Crippen LogP contribution in [0.1, 0.15) is 11.8 Å². The van der Waals surface area contributed by atoms with Gasteiger partial charge in [0.25, 0.3) is 0 Å². The average Bonchev–Trinajstić information content (AvgIpc) is 2.98. The molecular formula is C15H14ClN3OS. The van der Waals surface area contributed by atoms with Crippen LogP contribution in [-0.2, 0) is 4.74 Å². The maximum atomic E-state index is 5.98. The van der Waals surface area contributed by atoms with Gasteiger partial charge in [-0.1, -0.05) is 23.7 Å². The average molecular weight is 320 g/mol. The van der Waals surface area contributed by atoms with Crippen LogP contribution in [-0.4, -0.2) is 28.1 Å². The third-order valence-electron chi connectivity index (χ3n) is 3.20. The molecule has 0 bridgehead atoms. The van der Waals surface area contributed by atoms with Crippen molar-refractivity contribution in [2.24, 2.45) is 0 Å². The molecular weight excluding hydrogens is 306 g/mol.